The summed E-state index contributed by atoms with van der Waals surface area (Å²) in [7, 11) is 1.69. The number of carbonyl (C=O) groups excluding carboxylic acids is 1. The number of nitriles is 1. The Hall–Kier alpha value is -4.09. The van der Waals surface area contributed by atoms with E-state index in [2.05, 4.69) is 59.5 Å². The summed E-state index contributed by atoms with van der Waals surface area (Å²) in [6.45, 7) is 12.6. The van der Waals surface area contributed by atoms with E-state index in [1.54, 1.807) is 30.9 Å². The quantitative estimate of drug-likeness (QED) is 0.241. The molecule has 0 radical (unpaired) electrons. The molecule has 8 heteroatoms. The number of likely N-dealkylation sites (N-methyl/N-ethyl adjacent to an activating group) is 1. The summed E-state index contributed by atoms with van der Waals surface area (Å²) in [5.74, 6) is -0.323. The molecular weight excluding hydrogens is 569 g/mol. The normalized spacial score (nSPS) is 15.5. The van der Waals surface area contributed by atoms with E-state index in [4.69, 9.17) is 10.2 Å². The number of pyridine rings is 1. The summed E-state index contributed by atoms with van der Waals surface area (Å²) in [5, 5.41) is 13.3. The molecule has 1 unspecified atom stereocenters. The predicted octanol–water partition coefficient (Wildman–Crippen LogP) is 6.81. The van der Waals surface area contributed by atoms with Crippen molar-refractivity contribution in [1.29, 1.82) is 5.26 Å². The van der Waals surface area contributed by atoms with Crippen LogP contribution in [-0.2, 0) is 24.2 Å². The smallest absolute Gasteiger partial charge is 0.242 e. The number of anilines is 1. The van der Waals surface area contributed by atoms with Crippen molar-refractivity contribution in [2.75, 3.05) is 25.0 Å². The van der Waals surface area contributed by atoms with Crippen molar-refractivity contribution in [3.8, 4) is 6.07 Å². The first-order chi connectivity index (χ1) is 21.3. The van der Waals surface area contributed by atoms with Crippen molar-refractivity contribution in [2.45, 2.75) is 68.3 Å². The Morgan fingerprint density at radius 2 is 2.02 bits per heavy atom. The Morgan fingerprint density at radius 1 is 1.23 bits per heavy atom. The largest absolute Gasteiger partial charge is 0.369 e. The van der Waals surface area contributed by atoms with Crippen LogP contribution in [0, 0.1) is 24.1 Å². The fourth-order valence-corrected chi connectivity index (χ4v) is 7.32. The molecule has 0 bridgehead atoms. The molecular formula is C36H40FN5OS. The molecule has 2 aromatic carbocycles. The van der Waals surface area contributed by atoms with Gasteiger partial charge in [0, 0.05) is 49.4 Å². The molecule has 1 aromatic heterocycles. The van der Waals surface area contributed by atoms with Gasteiger partial charge in [-0.1, -0.05) is 30.4 Å². The summed E-state index contributed by atoms with van der Waals surface area (Å²) < 4.78 is 14.5. The number of hydrogen-bond donors (Lipinski definition) is 1. The van der Waals surface area contributed by atoms with Crippen molar-refractivity contribution >= 4 is 29.1 Å². The number of thioether (sulfide) groups is 1. The topological polar surface area (TPSA) is 72.3 Å². The second kappa shape index (κ2) is 14.1. The van der Waals surface area contributed by atoms with E-state index in [0.29, 0.717) is 29.5 Å². The van der Waals surface area contributed by atoms with Gasteiger partial charge in [0.1, 0.15) is 11.9 Å². The Labute approximate surface area is 264 Å². The molecule has 5 rings (SSSR count). The lowest BCUT2D eigenvalue weighted by Crippen LogP contribution is -2.42. The number of fused-ring (bicyclic) bond motifs is 1. The zero-order valence-corrected chi connectivity index (χ0v) is 26.4. The van der Waals surface area contributed by atoms with Gasteiger partial charge in [-0.25, -0.2) is 9.37 Å². The fraction of sp³-hybridized carbons (Fsp3) is 0.361. The highest BCUT2D eigenvalue weighted by molar-refractivity contribution is 7.99. The maximum atomic E-state index is 14.5. The fourth-order valence-electron chi connectivity index (χ4n) is 6.27. The molecule has 44 heavy (non-hydrogen) atoms. The molecule has 2 aliphatic rings. The van der Waals surface area contributed by atoms with Gasteiger partial charge < -0.3 is 15.1 Å². The van der Waals surface area contributed by atoms with Gasteiger partial charge >= 0.3 is 0 Å². The second-order valence-electron chi connectivity index (χ2n) is 11.6. The van der Waals surface area contributed by atoms with Crippen LogP contribution in [0.4, 0.5) is 10.1 Å². The number of piperidine rings is 1. The molecule has 0 aliphatic carbocycles. The van der Waals surface area contributed by atoms with E-state index in [1.807, 2.05) is 18.3 Å². The Bertz CT molecular complexity index is 1570. The molecule has 3 heterocycles. The van der Waals surface area contributed by atoms with Gasteiger partial charge in [-0.15, -0.1) is 18.3 Å². The molecule has 2 aliphatic heterocycles. The first-order valence-electron chi connectivity index (χ1n) is 15.3. The number of benzene rings is 2. The lowest BCUT2D eigenvalue weighted by Gasteiger charge is -2.33. The number of nitrogens with one attached hydrogen (secondary N) is 1. The van der Waals surface area contributed by atoms with E-state index < -0.39 is 0 Å². The zero-order valence-electron chi connectivity index (χ0n) is 25.6. The number of aromatic nitrogens is 1. The van der Waals surface area contributed by atoms with Gasteiger partial charge in [-0.2, -0.15) is 5.26 Å². The summed E-state index contributed by atoms with van der Waals surface area (Å²) in [4.78, 5) is 21.8. The van der Waals surface area contributed by atoms with Crippen LogP contribution in [0.5, 0.6) is 0 Å². The van der Waals surface area contributed by atoms with Crippen LogP contribution in [0.25, 0.3) is 5.70 Å². The van der Waals surface area contributed by atoms with Crippen LogP contribution >= 0.6 is 11.8 Å². The van der Waals surface area contributed by atoms with E-state index >= 15 is 0 Å². The third-order valence-electron chi connectivity index (χ3n) is 8.67. The number of amides is 1. The number of nitrogens with zero attached hydrogens (tertiary/aromatic N) is 4. The van der Waals surface area contributed by atoms with Crippen molar-refractivity contribution in [3.63, 3.8) is 0 Å². The number of hydrogen-bond acceptors (Lipinski definition) is 6. The van der Waals surface area contributed by atoms with Crippen LogP contribution in [0.1, 0.15) is 59.1 Å². The Kier molecular flexibility index (Phi) is 10.1. The molecule has 1 saturated heterocycles. The van der Waals surface area contributed by atoms with Gasteiger partial charge in [0.15, 0.2) is 0 Å². The van der Waals surface area contributed by atoms with Crippen molar-refractivity contribution in [1.82, 2.24) is 15.2 Å². The monoisotopic (exact) mass is 609 g/mol. The van der Waals surface area contributed by atoms with Crippen LogP contribution in [-0.4, -0.2) is 47.2 Å². The molecule has 0 saturated carbocycles. The number of rotatable bonds is 11. The van der Waals surface area contributed by atoms with Crippen LogP contribution < -0.4 is 10.2 Å². The second-order valence-corrected chi connectivity index (χ2v) is 12.9. The maximum Gasteiger partial charge on any atom is 0.242 e. The number of allylic oxidation sites excluding steroid dienone is 1. The Morgan fingerprint density at radius 3 is 2.68 bits per heavy atom. The number of carbonyl (C=O) groups is 1. The van der Waals surface area contributed by atoms with E-state index in [-0.39, 0.29) is 17.8 Å². The molecule has 1 amide bonds. The molecule has 1 atom stereocenters. The first-order valence-corrected chi connectivity index (χ1v) is 16.2. The highest BCUT2D eigenvalue weighted by atomic mass is 32.2. The SMILES string of the molecule is C=CCCC(C(=O)NC)N1Cc2c(CCc3ccc(SC4CCN(c5ccc(C#N)cc5F)CC4)nc3)cc(C)cc2C1=C. The highest BCUT2D eigenvalue weighted by Crippen LogP contribution is 2.38. The average Bonchev–Trinajstić information content (AvgIpc) is 3.36. The summed E-state index contributed by atoms with van der Waals surface area (Å²) in [5.41, 5.74) is 7.93. The van der Waals surface area contributed by atoms with Crippen molar-refractivity contribution < 1.29 is 9.18 Å². The average molecular weight is 610 g/mol. The highest BCUT2D eigenvalue weighted by Gasteiger charge is 2.33. The third-order valence-corrected chi connectivity index (χ3v) is 9.96. The third kappa shape index (κ3) is 7.00. The van der Waals surface area contributed by atoms with Crippen LogP contribution in [0.3, 0.4) is 0 Å². The number of halogens is 1. The van der Waals surface area contributed by atoms with Crippen molar-refractivity contribution in [3.05, 3.63) is 107 Å². The minimum absolute atomic E-state index is 0.00821. The minimum atomic E-state index is -0.332. The van der Waals surface area contributed by atoms with Crippen LogP contribution in [0.2, 0.25) is 0 Å². The zero-order chi connectivity index (χ0) is 31.2. The van der Waals surface area contributed by atoms with Gasteiger partial charge in [0.05, 0.1) is 22.3 Å². The van der Waals surface area contributed by atoms with E-state index in [1.165, 1.54) is 28.3 Å². The van der Waals surface area contributed by atoms with Crippen LogP contribution in [0.15, 0.2) is 72.9 Å². The minimum Gasteiger partial charge on any atom is -0.369 e. The standard InChI is InChI=1S/C36H40FN5OS/c1-5-6-7-34(36(43)39-4)42-23-31-28(18-24(2)19-30(31)25(42)3)11-8-26-10-13-35(40-22-26)44-29-14-16-41(17-15-29)33-12-9-27(21-38)20-32(33)37/h5,9-10,12-13,18-20,22,29,34H,1,3,6-8,11,14-17,23H2,2,4H3,(H,39,43). The summed E-state index contributed by atoms with van der Waals surface area (Å²) in [6, 6.07) is 15.2. The van der Waals surface area contributed by atoms with Gasteiger partial charge in [-0.05, 0) is 92.5 Å². The lowest BCUT2D eigenvalue weighted by atomic mass is 9.95. The number of aryl methyl sites for hydroxylation is 3. The van der Waals surface area contributed by atoms with Gasteiger partial charge in [-0.3, -0.25) is 4.79 Å². The molecule has 228 valence electrons. The molecule has 6 nitrogen and oxygen atoms in total. The maximum absolute atomic E-state index is 14.5. The molecule has 1 fully saturated rings. The Balaban J connectivity index is 1.18. The summed E-state index contributed by atoms with van der Waals surface area (Å²) in [6.07, 6.45) is 8.98. The lowest BCUT2D eigenvalue weighted by molar-refractivity contribution is -0.125. The van der Waals surface area contributed by atoms with Gasteiger partial charge in [0.2, 0.25) is 5.91 Å². The van der Waals surface area contributed by atoms with Crippen molar-refractivity contribution in [2.24, 2.45) is 0 Å². The molecule has 0 spiro atoms. The molecule has 1 N–H and O–H groups in total. The van der Waals surface area contributed by atoms with E-state index in [0.717, 1.165) is 61.5 Å². The van der Waals surface area contributed by atoms with E-state index in [9.17, 15) is 9.18 Å². The molecule has 3 aromatic rings. The summed E-state index contributed by atoms with van der Waals surface area (Å²) >= 11 is 1.80. The first kappa shape index (κ1) is 31.3. The predicted molar refractivity (Wildman–Crippen MR) is 177 cm³/mol. The van der Waals surface area contributed by atoms with Gasteiger partial charge in [0.25, 0.3) is 0 Å².